The Labute approximate surface area is 162 Å². The highest BCUT2D eigenvalue weighted by atomic mass is 16.7. The number of hydrogen-bond acceptors (Lipinski definition) is 7. The number of fused-ring (bicyclic) bond motifs is 3. The molecule has 28 heavy (non-hydrogen) atoms. The molecule has 148 valence electrons. The molecular weight excluding hydrogens is 362 g/mol. The van der Waals surface area contributed by atoms with Gasteiger partial charge in [0.15, 0.2) is 11.5 Å². The van der Waals surface area contributed by atoms with Crippen LogP contribution in [-0.2, 0) is 11.3 Å². The van der Waals surface area contributed by atoms with Crippen LogP contribution >= 0.6 is 0 Å². The molecule has 0 spiro atoms. The first-order chi connectivity index (χ1) is 13.6. The van der Waals surface area contributed by atoms with Crippen molar-refractivity contribution in [2.24, 2.45) is 0 Å². The Morgan fingerprint density at radius 3 is 3.00 bits per heavy atom. The monoisotopic (exact) mass is 385 g/mol. The zero-order valence-corrected chi connectivity index (χ0v) is 16.0. The summed E-state index contributed by atoms with van der Waals surface area (Å²) in [6, 6.07) is 4.35. The lowest BCUT2D eigenvalue weighted by Gasteiger charge is -2.26. The summed E-state index contributed by atoms with van der Waals surface area (Å²) < 4.78 is 22.3. The molecule has 3 aliphatic heterocycles. The highest BCUT2D eigenvalue weighted by Crippen LogP contribution is 2.44. The van der Waals surface area contributed by atoms with Crippen LogP contribution < -0.4 is 19.5 Å². The van der Waals surface area contributed by atoms with E-state index in [1.807, 2.05) is 19.1 Å². The van der Waals surface area contributed by atoms with E-state index >= 15 is 0 Å². The lowest BCUT2D eigenvalue weighted by atomic mass is 10.1. The van der Waals surface area contributed by atoms with E-state index in [1.165, 1.54) is 0 Å². The minimum absolute atomic E-state index is 0.141. The lowest BCUT2D eigenvalue weighted by molar-refractivity contribution is -0.121. The highest BCUT2D eigenvalue weighted by molar-refractivity contribution is 5.77. The predicted molar refractivity (Wildman–Crippen MR) is 99.3 cm³/mol. The summed E-state index contributed by atoms with van der Waals surface area (Å²) >= 11 is 0. The summed E-state index contributed by atoms with van der Waals surface area (Å²) in [6.07, 6.45) is 2.72. The van der Waals surface area contributed by atoms with Crippen molar-refractivity contribution in [3.8, 4) is 28.7 Å². The standard InChI is InChI=1S/C20H23N3O5/c1-11-15(9-23-13-3-4-14(23)8-21-18(24)7-13)22-20(28-11)12-5-16(25-2)19-17(6-12)26-10-27-19/h5-6,13-14H,3-4,7-10H2,1-2H3,(H,21,24)/t13-,14+/m1/s1. The number of oxazole rings is 1. The van der Waals surface area contributed by atoms with Crippen LogP contribution in [-0.4, -0.2) is 48.3 Å². The quantitative estimate of drug-likeness (QED) is 0.864. The molecule has 1 aromatic carbocycles. The second-order valence-corrected chi connectivity index (χ2v) is 7.50. The van der Waals surface area contributed by atoms with Gasteiger partial charge in [-0.15, -0.1) is 0 Å². The van der Waals surface area contributed by atoms with Gasteiger partial charge in [-0.2, -0.15) is 0 Å². The fourth-order valence-electron chi connectivity index (χ4n) is 4.35. The molecule has 2 saturated heterocycles. The maximum Gasteiger partial charge on any atom is 0.231 e. The predicted octanol–water partition coefficient (Wildman–Crippen LogP) is 2.24. The molecule has 1 amide bonds. The average Bonchev–Trinajstić information content (AvgIpc) is 3.36. The first-order valence-corrected chi connectivity index (χ1v) is 9.59. The molecule has 2 atom stereocenters. The van der Waals surface area contributed by atoms with E-state index in [-0.39, 0.29) is 18.7 Å². The van der Waals surface area contributed by atoms with Crippen LogP contribution in [0.3, 0.4) is 0 Å². The van der Waals surface area contributed by atoms with Crippen LogP contribution in [0.25, 0.3) is 11.5 Å². The fourth-order valence-corrected chi connectivity index (χ4v) is 4.35. The third-order valence-corrected chi connectivity index (χ3v) is 5.86. The van der Waals surface area contributed by atoms with Crippen molar-refractivity contribution in [1.82, 2.24) is 15.2 Å². The smallest absolute Gasteiger partial charge is 0.231 e. The molecule has 0 radical (unpaired) electrons. The van der Waals surface area contributed by atoms with Gasteiger partial charge in [0.1, 0.15) is 5.76 Å². The van der Waals surface area contributed by atoms with Crippen LogP contribution in [0.1, 0.15) is 30.7 Å². The van der Waals surface area contributed by atoms with Gasteiger partial charge in [-0.05, 0) is 31.9 Å². The van der Waals surface area contributed by atoms with Crippen LogP contribution in [0, 0.1) is 6.92 Å². The molecule has 2 aromatic rings. The molecule has 1 aromatic heterocycles. The van der Waals surface area contributed by atoms with Gasteiger partial charge >= 0.3 is 0 Å². The number of carbonyl (C=O) groups excluding carboxylic acids is 1. The number of amides is 1. The number of nitrogens with zero attached hydrogens (tertiary/aromatic N) is 2. The molecule has 2 bridgehead atoms. The Balaban J connectivity index is 1.43. The van der Waals surface area contributed by atoms with Crippen molar-refractivity contribution in [3.05, 3.63) is 23.6 Å². The molecule has 4 heterocycles. The number of aryl methyl sites for hydroxylation is 1. The minimum Gasteiger partial charge on any atom is -0.493 e. The van der Waals surface area contributed by atoms with Crippen LogP contribution in [0.15, 0.2) is 16.5 Å². The highest BCUT2D eigenvalue weighted by Gasteiger charge is 2.38. The number of nitrogens with one attached hydrogen (secondary N) is 1. The van der Waals surface area contributed by atoms with Crippen molar-refractivity contribution in [2.75, 3.05) is 20.4 Å². The Bertz CT molecular complexity index is 925. The second-order valence-electron chi connectivity index (χ2n) is 7.50. The van der Waals surface area contributed by atoms with Gasteiger partial charge in [0.2, 0.25) is 24.3 Å². The molecule has 0 saturated carbocycles. The van der Waals surface area contributed by atoms with Gasteiger partial charge in [-0.25, -0.2) is 4.98 Å². The lowest BCUT2D eigenvalue weighted by Crippen LogP contribution is -2.37. The van der Waals surface area contributed by atoms with Gasteiger partial charge in [-0.3, -0.25) is 9.69 Å². The number of methoxy groups -OCH3 is 1. The second kappa shape index (κ2) is 6.70. The van der Waals surface area contributed by atoms with Gasteiger partial charge in [-0.1, -0.05) is 0 Å². The maximum atomic E-state index is 11.9. The third kappa shape index (κ3) is 2.88. The average molecular weight is 385 g/mol. The SMILES string of the molecule is COc1cc(-c2nc(CN3[C@@H]4CC[C@H]3CNC(=O)C4)c(C)o2)cc2c1OCO2. The van der Waals surface area contributed by atoms with E-state index in [0.717, 1.165) is 29.9 Å². The van der Waals surface area contributed by atoms with Crippen molar-refractivity contribution >= 4 is 5.91 Å². The molecular formula is C20H23N3O5. The molecule has 1 N–H and O–H groups in total. The van der Waals surface area contributed by atoms with E-state index in [0.29, 0.717) is 48.7 Å². The number of hydrogen-bond donors (Lipinski definition) is 1. The topological polar surface area (TPSA) is 86.1 Å². The maximum absolute atomic E-state index is 11.9. The molecule has 2 fully saturated rings. The van der Waals surface area contributed by atoms with E-state index < -0.39 is 0 Å². The Hall–Kier alpha value is -2.74. The summed E-state index contributed by atoms with van der Waals surface area (Å²) in [5.74, 6) is 3.28. The number of carbonyl (C=O) groups is 1. The van der Waals surface area contributed by atoms with Crippen LogP contribution in [0.5, 0.6) is 17.2 Å². The first-order valence-electron chi connectivity index (χ1n) is 9.59. The normalized spacial score (nSPS) is 23.6. The first kappa shape index (κ1) is 17.4. The largest absolute Gasteiger partial charge is 0.493 e. The number of benzene rings is 1. The third-order valence-electron chi connectivity index (χ3n) is 5.86. The number of ether oxygens (including phenoxy) is 3. The number of aromatic nitrogens is 1. The minimum atomic E-state index is 0.141. The Morgan fingerprint density at radius 2 is 2.14 bits per heavy atom. The van der Waals surface area contributed by atoms with Gasteiger partial charge in [0, 0.05) is 37.2 Å². The summed E-state index contributed by atoms with van der Waals surface area (Å²) in [7, 11) is 1.59. The Morgan fingerprint density at radius 1 is 1.29 bits per heavy atom. The van der Waals surface area contributed by atoms with E-state index in [4.69, 9.17) is 23.6 Å². The van der Waals surface area contributed by atoms with Crippen LogP contribution in [0.4, 0.5) is 0 Å². The van der Waals surface area contributed by atoms with Gasteiger partial charge < -0.3 is 23.9 Å². The van der Waals surface area contributed by atoms with Crippen LogP contribution in [0.2, 0.25) is 0 Å². The van der Waals surface area contributed by atoms with Crippen molar-refractivity contribution in [3.63, 3.8) is 0 Å². The molecule has 8 nitrogen and oxygen atoms in total. The Kier molecular flexibility index (Phi) is 4.16. The summed E-state index contributed by atoms with van der Waals surface area (Å²) in [4.78, 5) is 19.0. The van der Waals surface area contributed by atoms with Crippen molar-refractivity contribution in [2.45, 2.75) is 44.8 Å². The fraction of sp³-hybridized carbons (Fsp3) is 0.500. The van der Waals surface area contributed by atoms with Crippen molar-refractivity contribution in [1.29, 1.82) is 0 Å². The summed E-state index contributed by atoms with van der Waals surface area (Å²) in [5.41, 5.74) is 1.68. The van der Waals surface area contributed by atoms with Gasteiger partial charge in [0.25, 0.3) is 0 Å². The van der Waals surface area contributed by atoms with E-state index in [1.54, 1.807) is 7.11 Å². The zero-order valence-electron chi connectivity index (χ0n) is 16.0. The molecule has 0 aliphatic carbocycles. The zero-order chi connectivity index (χ0) is 19.3. The van der Waals surface area contributed by atoms with E-state index in [9.17, 15) is 4.79 Å². The molecule has 3 aliphatic rings. The number of rotatable bonds is 4. The van der Waals surface area contributed by atoms with Crippen molar-refractivity contribution < 1.29 is 23.4 Å². The summed E-state index contributed by atoms with van der Waals surface area (Å²) in [5, 5.41) is 3.01. The molecule has 0 unspecified atom stereocenters. The van der Waals surface area contributed by atoms with E-state index in [2.05, 4.69) is 10.2 Å². The van der Waals surface area contributed by atoms with Gasteiger partial charge in [0.05, 0.1) is 12.8 Å². The summed E-state index contributed by atoms with van der Waals surface area (Å²) in [6.45, 7) is 3.49. The molecule has 8 heteroatoms. The molecule has 5 rings (SSSR count).